The van der Waals surface area contributed by atoms with Crippen LogP contribution in [-0.4, -0.2) is 49.3 Å². The molecular formula is C63H110NO8P. The Labute approximate surface area is 448 Å². The SMILES string of the molecule is CC/C=C\C/C=C\C/C=C\C/C=C\C/C=C\CCCCCCCCCCCCCCCCCCCCCC(=O)OC(COC(=O)CCCCCCCCC/C=C\C/C=C\C/C=C\CC)COP(=O)(O)OCCN. The molecule has 0 amide bonds. The Bertz CT molecular complexity index is 1510. The standard InChI is InChI=1S/C63H110NO8P/c1-3-5-7-9-11-13-15-17-19-21-22-23-24-25-26-27-28-29-30-31-32-33-34-35-36-37-38-40-42-44-46-48-50-52-54-56-63(66)72-61(60-71-73(67,68)70-58-57-64)59-69-62(65)55-53-51-49-47-45-43-41-39-20-18-16-14-12-10-8-6-4-2/h5-8,11-14,17-20,22-23,25-26,61H,3-4,9-10,15-16,21,24,27-60,64H2,1-2H3,(H,67,68)/b7-5-,8-6-,13-11-,14-12-,19-17-,20-18-,23-22-,26-25-. The summed E-state index contributed by atoms with van der Waals surface area (Å²) in [6.45, 7) is 3.52. The molecule has 3 N–H and O–H groups in total. The summed E-state index contributed by atoms with van der Waals surface area (Å²) < 4.78 is 33.0. The van der Waals surface area contributed by atoms with Crippen molar-refractivity contribution in [2.75, 3.05) is 26.4 Å². The first kappa shape index (κ1) is 69.9. The summed E-state index contributed by atoms with van der Waals surface area (Å²) in [4.78, 5) is 35.2. The average Bonchev–Trinajstić information content (AvgIpc) is 3.38. The molecule has 420 valence electrons. The van der Waals surface area contributed by atoms with Gasteiger partial charge in [0.25, 0.3) is 0 Å². The number of allylic oxidation sites excluding steroid dienone is 16. The van der Waals surface area contributed by atoms with Gasteiger partial charge in [-0.3, -0.25) is 18.6 Å². The molecule has 0 aromatic rings. The molecule has 0 aliphatic rings. The first-order valence-corrected chi connectivity index (χ1v) is 31.2. The predicted octanol–water partition coefficient (Wildman–Crippen LogP) is 18.8. The highest BCUT2D eigenvalue weighted by atomic mass is 31.2. The van der Waals surface area contributed by atoms with E-state index < -0.39 is 32.5 Å². The van der Waals surface area contributed by atoms with Crippen molar-refractivity contribution in [3.05, 3.63) is 97.2 Å². The van der Waals surface area contributed by atoms with E-state index in [0.717, 1.165) is 103 Å². The minimum Gasteiger partial charge on any atom is -0.462 e. The minimum atomic E-state index is -4.39. The number of phosphoric ester groups is 1. The highest BCUT2D eigenvalue weighted by Crippen LogP contribution is 2.43. The molecule has 0 radical (unpaired) electrons. The number of hydrogen-bond donors (Lipinski definition) is 2. The van der Waals surface area contributed by atoms with Crippen molar-refractivity contribution in [2.24, 2.45) is 5.73 Å². The maximum Gasteiger partial charge on any atom is 0.472 e. The van der Waals surface area contributed by atoms with E-state index in [1.807, 2.05) is 0 Å². The predicted molar refractivity (Wildman–Crippen MR) is 312 cm³/mol. The Hall–Kier alpha value is -3.07. The van der Waals surface area contributed by atoms with Crippen LogP contribution in [0.1, 0.15) is 258 Å². The van der Waals surface area contributed by atoms with E-state index in [1.165, 1.54) is 122 Å². The van der Waals surface area contributed by atoms with Crippen LogP contribution in [0.3, 0.4) is 0 Å². The number of hydrogen-bond acceptors (Lipinski definition) is 8. The number of rotatable bonds is 55. The molecular weight excluding hydrogens is 930 g/mol. The molecule has 0 heterocycles. The topological polar surface area (TPSA) is 134 Å². The molecule has 0 saturated heterocycles. The number of carbonyl (C=O) groups excluding carboxylic acids is 2. The molecule has 2 unspecified atom stereocenters. The van der Waals surface area contributed by atoms with Crippen LogP contribution in [0.4, 0.5) is 0 Å². The molecule has 0 aromatic heterocycles. The van der Waals surface area contributed by atoms with Gasteiger partial charge in [0.05, 0.1) is 13.2 Å². The largest absolute Gasteiger partial charge is 0.472 e. The second kappa shape index (κ2) is 58.2. The van der Waals surface area contributed by atoms with Crippen molar-refractivity contribution in [3.63, 3.8) is 0 Å². The van der Waals surface area contributed by atoms with Crippen LogP contribution in [0.15, 0.2) is 97.2 Å². The molecule has 0 saturated carbocycles. The lowest BCUT2D eigenvalue weighted by Crippen LogP contribution is -2.29. The van der Waals surface area contributed by atoms with E-state index in [0.29, 0.717) is 6.42 Å². The molecule has 0 aliphatic carbocycles. The fraction of sp³-hybridized carbons (Fsp3) is 0.714. The van der Waals surface area contributed by atoms with Gasteiger partial charge in [-0.2, -0.15) is 0 Å². The monoisotopic (exact) mass is 1040 g/mol. The van der Waals surface area contributed by atoms with Crippen LogP contribution < -0.4 is 5.73 Å². The lowest BCUT2D eigenvalue weighted by atomic mass is 10.0. The van der Waals surface area contributed by atoms with Crippen molar-refractivity contribution >= 4 is 19.8 Å². The summed E-state index contributed by atoms with van der Waals surface area (Å²) in [5, 5.41) is 0. The Morgan fingerprint density at radius 3 is 1.05 bits per heavy atom. The first-order chi connectivity index (χ1) is 35.8. The number of phosphoric acid groups is 1. The van der Waals surface area contributed by atoms with Crippen LogP contribution in [-0.2, 0) is 32.7 Å². The summed E-state index contributed by atoms with van der Waals surface area (Å²) in [5.74, 6) is -0.836. The van der Waals surface area contributed by atoms with Gasteiger partial charge in [0, 0.05) is 19.4 Å². The molecule has 73 heavy (non-hydrogen) atoms. The summed E-state index contributed by atoms with van der Waals surface area (Å²) in [6, 6.07) is 0. The lowest BCUT2D eigenvalue weighted by molar-refractivity contribution is -0.161. The second-order valence-corrected chi connectivity index (χ2v) is 20.9. The number of esters is 2. The van der Waals surface area contributed by atoms with Crippen LogP contribution in [0.5, 0.6) is 0 Å². The zero-order valence-electron chi connectivity index (χ0n) is 46.8. The number of nitrogens with two attached hydrogens (primary N) is 1. The quantitative estimate of drug-likeness (QED) is 0.0264. The fourth-order valence-electron chi connectivity index (χ4n) is 8.15. The van der Waals surface area contributed by atoms with Crippen LogP contribution in [0.2, 0.25) is 0 Å². The van der Waals surface area contributed by atoms with E-state index in [9.17, 15) is 19.0 Å². The van der Waals surface area contributed by atoms with Gasteiger partial charge in [0.1, 0.15) is 6.61 Å². The number of unbranched alkanes of at least 4 members (excludes halogenated alkanes) is 26. The van der Waals surface area contributed by atoms with Gasteiger partial charge in [-0.1, -0.05) is 252 Å². The third-order valence-corrected chi connectivity index (χ3v) is 13.4. The zero-order chi connectivity index (χ0) is 53.1. The summed E-state index contributed by atoms with van der Waals surface area (Å²) in [7, 11) is -4.39. The van der Waals surface area contributed by atoms with Crippen LogP contribution >= 0.6 is 7.82 Å². The summed E-state index contributed by atoms with van der Waals surface area (Å²) >= 11 is 0. The molecule has 10 heteroatoms. The van der Waals surface area contributed by atoms with Gasteiger partial charge >= 0.3 is 19.8 Å². The summed E-state index contributed by atoms with van der Waals surface area (Å²) in [5.41, 5.74) is 5.38. The molecule has 0 fully saturated rings. The molecule has 2 atom stereocenters. The second-order valence-electron chi connectivity index (χ2n) is 19.5. The maximum absolute atomic E-state index is 12.7. The van der Waals surface area contributed by atoms with E-state index in [2.05, 4.69) is 111 Å². The van der Waals surface area contributed by atoms with Gasteiger partial charge in [-0.15, -0.1) is 0 Å². The van der Waals surface area contributed by atoms with Crippen LogP contribution in [0, 0.1) is 0 Å². The third kappa shape index (κ3) is 58.1. The first-order valence-electron chi connectivity index (χ1n) is 29.7. The maximum atomic E-state index is 12.7. The van der Waals surface area contributed by atoms with E-state index in [-0.39, 0.29) is 32.6 Å². The van der Waals surface area contributed by atoms with Gasteiger partial charge in [-0.25, -0.2) is 4.57 Å². The molecule has 0 aromatic carbocycles. The molecule has 0 rings (SSSR count). The average molecular weight is 1040 g/mol. The van der Waals surface area contributed by atoms with Crippen molar-refractivity contribution in [1.29, 1.82) is 0 Å². The van der Waals surface area contributed by atoms with Gasteiger partial charge in [0.15, 0.2) is 6.10 Å². The van der Waals surface area contributed by atoms with E-state index in [1.54, 1.807) is 0 Å². The molecule has 9 nitrogen and oxygen atoms in total. The van der Waals surface area contributed by atoms with E-state index >= 15 is 0 Å². The molecule has 0 spiro atoms. The Balaban J connectivity index is 3.88. The molecule has 0 bridgehead atoms. The Kier molecular flexibility index (Phi) is 55.7. The van der Waals surface area contributed by atoms with Crippen molar-refractivity contribution in [2.45, 2.75) is 264 Å². The smallest absolute Gasteiger partial charge is 0.462 e. The summed E-state index contributed by atoms with van der Waals surface area (Å²) in [6.07, 6.45) is 77.6. The minimum absolute atomic E-state index is 0.0493. The van der Waals surface area contributed by atoms with Crippen molar-refractivity contribution < 1.29 is 37.6 Å². The van der Waals surface area contributed by atoms with Gasteiger partial charge in [0.2, 0.25) is 0 Å². The highest BCUT2D eigenvalue weighted by molar-refractivity contribution is 7.47. The zero-order valence-corrected chi connectivity index (χ0v) is 47.7. The number of ether oxygens (including phenoxy) is 2. The van der Waals surface area contributed by atoms with Gasteiger partial charge in [-0.05, 0) is 89.9 Å². The van der Waals surface area contributed by atoms with Crippen LogP contribution in [0.25, 0.3) is 0 Å². The van der Waals surface area contributed by atoms with E-state index in [4.69, 9.17) is 24.3 Å². The Morgan fingerprint density at radius 1 is 0.411 bits per heavy atom. The fourth-order valence-corrected chi connectivity index (χ4v) is 8.91. The lowest BCUT2D eigenvalue weighted by Gasteiger charge is -2.19. The normalized spacial score (nSPS) is 13.8. The third-order valence-electron chi connectivity index (χ3n) is 12.5. The number of carbonyl (C=O) groups is 2. The highest BCUT2D eigenvalue weighted by Gasteiger charge is 2.26. The Morgan fingerprint density at radius 2 is 0.712 bits per heavy atom. The van der Waals surface area contributed by atoms with Gasteiger partial charge < -0.3 is 20.1 Å². The van der Waals surface area contributed by atoms with Crippen molar-refractivity contribution in [3.8, 4) is 0 Å². The van der Waals surface area contributed by atoms with Crippen molar-refractivity contribution in [1.82, 2.24) is 0 Å². The molecule has 0 aliphatic heterocycles.